The van der Waals surface area contributed by atoms with Crippen LogP contribution in [-0.4, -0.2) is 15.0 Å². The molecule has 0 radical (unpaired) electrons. The van der Waals surface area contributed by atoms with Crippen LogP contribution in [-0.2, 0) is 7.05 Å². The Morgan fingerprint density at radius 3 is 3.00 bits per heavy atom. The molecule has 0 unspecified atom stereocenters. The molecule has 0 amide bonds. The van der Waals surface area contributed by atoms with Gasteiger partial charge >= 0.3 is 0 Å². The Balaban J connectivity index is 3.06. The molecule has 0 aliphatic heterocycles. The number of nitrogens with zero attached hydrogens (tertiary/aromatic N) is 3. The number of benzene rings is 1. The summed E-state index contributed by atoms with van der Waals surface area (Å²) in [5.41, 5.74) is 0.297. The second-order valence-corrected chi connectivity index (χ2v) is 3.06. The van der Waals surface area contributed by atoms with Crippen LogP contribution in [0.4, 0.5) is 0 Å². The standard InChI is InChI=1S/C8H6ClN3O/c1-12-8(13)7-5(9)3-2-4-6(7)10-11-12/h2-4H,1H3. The maximum atomic E-state index is 11.5. The smallest absolute Gasteiger partial charge is 0.267 e. The maximum Gasteiger partial charge on any atom is 0.278 e. The van der Waals surface area contributed by atoms with Gasteiger partial charge in [-0.15, -0.1) is 5.10 Å². The Morgan fingerprint density at radius 2 is 2.23 bits per heavy atom. The molecule has 1 aromatic carbocycles. The third-order valence-corrected chi connectivity index (χ3v) is 2.10. The average molecular weight is 196 g/mol. The minimum Gasteiger partial charge on any atom is -0.267 e. The van der Waals surface area contributed by atoms with Crippen molar-refractivity contribution in [2.75, 3.05) is 0 Å². The molecule has 0 fully saturated rings. The lowest BCUT2D eigenvalue weighted by atomic mass is 10.2. The van der Waals surface area contributed by atoms with Gasteiger partial charge in [0.05, 0.1) is 10.4 Å². The zero-order chi connectivity index (χ0) is 9.42. The van der Waals surface area contributed by atoms with Gasteiger partial charge in [0.25, 0.3) is 5.56 Å². The summed E-state index contributed by atoms with van der Waals surface area (Å²) in [5, 5.41) is 8.30. The first-order chi connectivity index (χ1) is 6.20. The van der Waals surface area contributed by atoms with E-state index in [0.29, 0.717) is 15.9 Å². The second-order valence-electron chi connectivity index (χ2n) is 2.65. The molecule has 1 aromatic heterocycles. The molecule has 0 saturated heterocycles. The average Bonchev–Trinajstić information content (AvgIpc) is 2.12. The molecule has 5 heteroatoms. The van der Waals surface area contributed by atoms with Crippen molar-refractivity contribution in [2.45, 2.75) is 0 Å². The molecule has 0 bridgehead atoms. The second kappa shape index (κ2) is 2.81. The predicted molar refractivity (Wildman–Crippen MR) is 49.8 cm³/mol. The van der Waals surface area contributed by atoms with E-state index in [-0.39, 0.29) is 5.56 Å². The van der Waals surface area contributed by atoms with Crippen LogP contribution in [0.1, 0.15) is 0 Å². The molecule has 2 aromatic rings. The quantitative estimate of drug-likeness (QED) is 0.630. The van der Waals surface area contributed by atoms with E-state index in [1.165, 1.54) is 7.05 Å². The number of halogens is 1. The number of fused-ring (bicyclic) bond motifs is 1. The van der Waals surface area contributed by atoms with E-state index in [1.807, 2.05) is 0 Å². The van der Waals surface area contributed by atoms with E-state index in [4.69, 9.17) is 11.6 Å². The highest BCUT2D eigenvalue weighted by Crippen LogP contribution is 2.16. The largest absolute Gasteiger partial charge is 0.278 e. The minimum absolute atomic E-state index is 0.226. The van der Waals surface area contributed by atoms with Crippen LogP contribution in [0.5, 0.6) is 0 Å². The van der Waals surface area contributed by atoms with Gasteiger partial charge in [-0.3, -0.25) is 4.79 Å². The van der Waals surface area contributed by atoms with Crippen molar-refractivity contribution in [3.63, 3.8) is 0 Å². The Labute approximate surface area is 78.7 Å². The van der Waals surface area contributed by atoms with E-state index < -0.39 is 0 Å². The van der Waals surface area contributed by atoms with Crippen LogP contribution < -0.4 is 5.56 Å². The summed E-state index contributed by atoms with van der Waals surface area (Å²) >= 11 is 5.85. The highest BCUT2D eigenvalue weighted by Gasteiger charge is 2.05. The van der Waals surface area contributed by atoms with Crippen LogP contribution in [0.25, 0.3) is 10.9 Å². The van der Waals surface area contributed by atoms with Crippen LogP contribution >= 0.6 is 11.6 Å². The van der Waals surface area contributed by atoms with Gasteiger partial charge in [-0.25, -0.2) is 4.68 Å². The zero-order valence-corrected chi connectivity index (χ0v) is 7.62. The van der Waals surface area contributed by atoms with E-state index in [1.54, 1.807) is 18.2 Å². The van der Waals surface area contributed by atoms with Gasteiger partial charge in [0.2, 0.25) is 0 Å². The lowest BCUT2D eigenvalue weighted by Gasteiger charge is -1.99. The molecule has 13 heavy (non-hydrogen) atoms. The van der Waals surface area contributed by atoms with Crippen molar-refractivity contribution < 1.29 is 0 Å². The Bertz CT molecular complexity index is 520. The summed E-state index contributed by atoms with van der Waals surface area (Å²) < 4.78 is 1.16. The summed E-state index contributed by atoms with van der Waals surface area (Å²) in [6, 6.07) is 5.10. The zero-order valence-electron chi connectivity index (χ0n) is 6.86. The van der Waals surface area contributed by atoms with Gasteiger partial charge in [-0.05, 0) is 12.1 Å². The fraction of sp³-hybridized carbons (Fsp3) is 0.125. The van der Waals surface area contributed by atoms with E-state index >= 15 is 0 Å². The molecule has 0 spiro atoms. The fourth-order valence-corrected chi connectivity index (χ4v) is 1.38. The molecular weight excluding hydrogens is 190 g/mol. The normalized spacial score (nSPS) is 10.6. The minimum atomic E-state index is -0.226. The van der Waals surface area contributed by atoms with Crippen LogP contribution in [0.15, 0.2) is 23.0 Å². The molecule has 0 N–H and O–H groups in total. The molecule has 0 atom stereocenters. The van der Waals surface area contributed by atoms with Crippen molar-refractivity contribution in [3.05, 3.63) is 33.6 Å². The van der Waals surface area contributed by atoms with Gasteiger partial charge in [0.1, 0.15) is 5.52 Å². The number of hydrogen-bond donors (Lipinski definition) is 0. The van der Waals surface area contributed by atoms with E-state index in [9.17, 15) is 4.79 Å². The Kier molecular flexibility index (Phi) is 1.77. The molecule has 0 aliphatic rings. The van der Waals surface area contributed by atoms with Gasteiger partial charge in [0.15, 0.2) is 0 Å². The maximum absolute atomic E-state index is 11.5. The SMILES string of the molecule is Cn1nnc2cccc(Cl)c2c1=O. The van der Waals surface area contributed by atoms with Crippen molar-refractivity contribution in [2.24, 2.45) is 7.05 Å². The summed E-state index contributed by atoms with van der Waals surface area (Å²) in [6.07, 6.45) is 0. The van der Waals surface area contributed by atoms with Crippen LogP contribution in [0, 0.1) is 0 Å². The van der Waals surface area contributed by atoms with Gasteiger partial charge in [-0.1, -0.05) is 22.9 Å². The monoisotopic (exact) mass is 195 g/mol. The number of aryl methyl sites for hydroxylation is 1. The molecule has 0 saturated carbocycles. The van der Waals surface area contributed by atoms with Gasteiger partial charge in [0, 0.05) is 7.05 Å². The predicted octanol–water partition coefficient (Wildman–Crippen LogP) is 0.982. The first-order valence-electron chi connectivity index (χ1n) is 3.68. The van der Waals surface area contributed by atoms with Crippen LogP contribution in [0.3, 0.4) is 0 Å². The highest BCUT2D eigenvalue weighted by molar-refractivity contribution is 6.35. The first kappa shape index (κ1) is 8.19. The van der Waals surface area contributed by atoms with Crippen molar-refractivity contribution >= 4 is 22.5 Å². The van der Waals surface area contributed by atoms with Crippen molar-refractivity contribution in [1.82, 2.24) is 15.0 Å². The summed E-state index contributed by atoms with van der Waals surface area (Å²) in [4.78, 5) is 11.5. The number of rotatable bonds is 0. The lowest BCUT2D eigenvalue weighted by molar-refractivity contribution is 0.656. The first-order valence-corrected chi connectivity index (χ1v) is 4.06. The molecule has 0 aliphatic carbocycles. The van der Waals surface area contributed by atoms with E-state index in [2.05, 4.69) is 10.3 Å². The van der Waals surface area contributed by atoms with Crippen molar-refractivity contribution in [3.8, 4) is 0 Å². The van der Waals surface area contributed by atoms with Gasteiger partial charge in [-0.2, -0.15) is 0 Å². The lowest BCUT2D eigenvalue weighted by Crippen LogP contribution is -2.20. The summed E-state index contributed by atoms with van der Waals surface area (Å²) in [6.45, 7) is 0. The van der Waals surface area contributed by atoms with E-state index in [0.717, 1.165) is 4.68 Å². The number of aromatic nitrogens is 3. The van der Waals surface area contributed by atoms with Crippen LogP contribution in [0.2, 0.25) is 5.02 Å². The molecule has 2 rings (SSSR count). The molecule has 66 valence electrons. The third-order valence-electron chi connectivity index (χ3n) is 1.79. The van der Waals surface area contributed by atoms with Crippen molar-refractivity contribution in [1.29, 1.82) is 0 Å². The molecule has 1 heterocycles. The molecular formula is C8H6ClN3O. The third kappa shape index (κ3) is 1.19. The Hall–Kier alpha value is -1.42. The molecule has 4 nitrogen and oxygen atoms in total. The Morgan fingerprint density at radius 1 is 1.46 bits per heavy atom. The highest BCUT2D eigenvalue weighted by atomic mass is 35.5. The summed E-state index contributed by atoms with van der Waals surface area (Å²) in [5.74, 6) is 0. The number of hydrogen-bond acceptors (Lipinski definition) is 3. The van der Waals surface area contributed by atoms with Gasteiger partial charge < -0.3 is 0 Å². The summed E-state index contributed by atoms with van der Waals surface area (Å²) in [7, 11) is 1.54. The topological polar surface area (TPSA) is 47.8 Å². The fourth-order valence-electron chi connectivity index (χ4n) is 1.13.